The Kier molecular flexibility index (Phi) is 4.16. The predicted molar refractivity (Wildman–Crippen MR) is 69.8 cm³/mol. The van der Waals surface area contributed by atoms with E-state index in [1.165, 1.54) is 32.1 Å². The summed E-state index contributed by atoms with van der Waals surface area (Å²) in [7, 11) is 2.02. The Morgan fingerprint density at radius 1 is 1.18 bits per heavy atom. The molecule has 0 saturated heterocycles. The lowest BCUT2D eigenvalue weighted by molar-refractivity contribution is 0.437. The second-order valence-corrected chi connectivity index (χ2v) is 5.15. The van der Waals surface area contributed by atoms with Crippen LogP contribution in [0, 0.1) is 12.7 Å². The molecule has 1 nitrogen and oxygen atoms in total. The van der Waals surface area contributed by atoms with Crippen LogP contribution in [0.1, 0.15) is 49.1 Å². The summed E-state index contributed by atoms with van der Waals surface area (Å²) in [5.74, 6) is 0.402. The molecule has 2 atom stereocenters. The van der Waals surface area contributed by atoms with Crippen LogP contribution in [-0.2, 0) is 0 Å². The van der Waals surface area contributed by atoms with Crippen molar-refractivity contribution in [1.82, 2.24) is 5.32 Å². The summed E-state index contributed by atoms with van der Waals surface area (Å²) in [5.41, 5.74) is 1.90. The molecule has 2 rings (SSSR count). The lowest BCUT2D eigenvalue weighted by Crippen LogP contribution is -2.31. The van der Waals surface area contributed by atoms with Crippen molar-refractivity contribution in [1.29, 1.82) is 0 Å². The average molecular weight is 235 g/mol. The highest BCUT2D eigenvalue weighted by Gasteiger charge is 2.24. The van der Waals surface area contributed by atoms with E-state index >= 15 is 0 Å². The van der Waals surface area contributed by atoms with Crippen molar-refractivity contribution >= 4 is 0 Å². The third kappa shape index (κ3) is 2.86. The SMILES string of the molecule is CNC1CCCCCC1c1ccc(C)c(F)c1. The highest BCUT2D eigenvalue weighted by Crippen LogP contribution is 2.32. The first-order valence-electron chi connectivity index (χ1n) is 6.65. The largest absolute Gasteiger partial charge is 0.316 e. The van der Waals surface area contributed by atoms with Gasteiger partial charge in [-0.3, -0.25) is 0 Å². The van der Waals surface area contributed by atoms with Crippen LogP contribution in [0.2, 0.25) is 0 Å². The normalized spacial score (nSPS) is 25.6. The average Bonchev–Trinajstić information content (AvgIpc) is 2.57. The molecule has 0 heterocycles. The van der Waals surface area contributed by atoms with Gasteiger partial charge in [0.1, 0.15) is 5.82 Å². The maximum Gasteiger partial charge on any atom is 0.126 e. The molecule has 17 heavy (non-hydrogen) atoms. The van der Waals surface area contributed by atoms with Crippen LogP contribution in [0.4, 0.5) is 4.39 Å². The fourth-order valence-electron chi connectivity index (χ4n) is 2.89. The van der Waals surface area contributed by atoms with Gasteiger partial charge in [-0.15, -0.1) is 0 Å². The molecule has 1 aromatic rings. The van der Waals surface area contributed by atoms with Crippen molar-refractivity contribution in [2.24, 2.45) is 0 Å². The van der Waals surface area contributed by atoms with Gasteiger partial charge < -0.3 is 5.32 Å². The molecule has 0 bridgehead atoms. The molecule has 2 unspecified atom stereocenters. The van der Waals surface area contributed by atoms with Crippen molar-refractivity contribution in [2.45, 2.75) is 51.0 Å². The van der Waals surface area contributed by atoms with Gasteiger partial charge in [0.15, 0.2) is 0 Å². The van der Waals surface area contributed by atoms with Crippen LogP contribution in [0.5, 0.6) is 0 Å². The smallest absolute Gasteiger partial charge is 0.126 e. The number of rotatable bonds is 2. The third-order valence-corrected chi connectivity index (χ3v) is 4.01. The second kappa shape index (κ2) is 5.63. The third-order valence-electron chi connectivity index (χ3n) is 4.01. The molecule has 0 radical (unpaired) electrons. The summed E-state index contributed by atoms with van der Waals surface area (Å²) in [4.78, 5) is 0. The van der Waals surface area contributed by atoms with Gasteiger partial charge in [-0.2, -0.15) is 0 Å². The summed E-state index contributed by atoms with van der Waals surface area (Å²) >= 11 is 0. The van der Waals surface area contributed by atoms with Gasteiger partial charge in [-0.05, 0) is 49.9 Å². The van der Waals surface area contributed by atoms with Crippen molar-refractivity contribution in [2.75, 3.05) is 7.05 Å². The Morgan fingerprint density at radius 3 is 2.65 bits per heavy atom. The maximum absolute atomic E-state index is 13.6. The van der Waals surface area contributed by atoms with Crippen LogP contribution in [0.25, 0.3) is 0 Å². The first-order valence-corrected chi connectivity index (χ1v) is 6.65. The highest BCUT2D eigenvalue weighted by atomic mass is 19.1. The fourth-order valence-corrected chi connectivity index (χ4v) is 2.89. The molecule has 0 amide bonds. The van der Waals surface area contributed by atoms with Gasteiger partial charge in [0, 0.05) is 6.04 Å². The molecule has 1 aliphatic rings. The van der Waals surface area contributed by atoms with E-state index in [0.717, 1.165) is 11.1 Å². The van der Waals surface area contributed by atoms with Crippen LogP contribution in [0.15, 0.2) is 18.2 Å². The molecular weight excluding hydrogens is 213 g/mol. The zero-order valence-corrected chi connectivity index (χ0v) is 10.8. The van der Waals surface area contributed by atoms with E-state index in [2.05, 4.69) is 11.4 Å². The van der Waals surface area contributed by atoms with Crippen molar-refractivity contribution < 1.29 is 4.39 Å². The zero-order valence-electron chi connectivity index (χ0n) is 10.8. The standard InChI is InChI=1S/C15H22FN/c1-11-8-9-12(10-14(11)16)13-6-4-3-5-7-15(13)17-2/h8-10,13,15,17H,3-7H2,1-2H3. The van der Waals surface area contributed by atoms with Gasteiger partial charge in [0.25, 0.3) is 0 Å². The van der Waals surface area contributed by atoms with Crippen LogP contribution in [-0.4, -0.2) is 13.1 Å². The van der Waals surface area contributed by atoms with E-state index in [1.54, 1.807) is 6.07 Å². The monoisotopic (exact) mass is 235 g/mol. The van der Waals surface area contributed by atoms with E-state index in [9.17, 15) is 4.39 Å². The van der Waals surface area contributed by atoms with Crippen molar-refractivity contribution in [3.05, 3.63) is 35.1 Å². The summed E-state index contributed by atoms with van der Waals surface area (Å²) in [6.07, 6.45) is 6.24. The fraction of sp³-hybridized carbons (Fsp3) is 0.600. The number of aryl methyl sites for hydroxylation is 1. The van der Waals surface area contributed by atoms with Gasteiger partial charge in [0.05, 0.1) is 0 Å². The van der Waals surface area contributed by atoms with E-state index in [0.29, 0.717) is 12.0 Å². The molecule has 0 spiro atoms. The Balaban J connectivity index is 2.25. The Labute approximate surface area is 103 Å². The number of hydrogen-bond acceptors (Lipinski definition) is 1. The minimum atomic E-state index is -0.0680. The predicted octanol–water partition coefficient (Wildman–Crippen LogP) is 3.77. The van der Waals surface area contributed by atoms with E-state index in [1.807, 2.05) is 20.0 Å². The number of nitrogens with one attached hydrogen (secondary N) is 1. The van der Waals surface area contributed by atoms with Gasteiger partial charge in [-0.25, -0.2) is 4.39 Å². The molecule has 94 valence electrons. The number of hydrogen-bond donors (Lipinski definition) is 1. The van der Waals surface area contributed by atoms with Crippen molar-refractivity contribution in [3.63, 3.8) is 0 Å². The second-order valence-electron chi connectivity index (χ2n) is 5.15. The van der Waals surface area contributed by atoms with Crippen molar-refractivity contribution in [3.8, 4) is 0 Å². The first-order chi connectivity index (χ1) is 8.22. The minimum Gasteiger partial charge on any atom is -0.316 e. The quantitative estimate of drug-likeness (QED) is 0.769. The number of benzene rings is 1. The molecule has 1 N–H and O–H groups in total. The zero-order chi connectivity index (χ0) is 12.3. The Morgan fingerprint density at radius 2 is 1.94 bits per heavy atom. The molecule has 1 aromatic carbocycles. The summed E-state index contributed by atoms with van der Waals surface area (Å²) in [5, 5.41) is 3.40. The topological polar surface area (TPSA) is 12.0 Å². The minimum absolute atomic E-state index is 0.0680. The van der Waals surface area contributed by atoms with Gasteiger partial charge >= 0.3 is 0 Å². The van der Waals surface area contributed by atoms with E-state index in [-0.39, 0.29) is 5.82 Å². The van der Waals surface area contributed by atoms with Crippen LogP contribution >= 0.6 is 0 Å². The Bertz CT molecular complexity index is 375. The Hall–Kier alpha value is -0.890. The lowest BCUT2D eigenvalue weighted by Gasteiger charge is -2.25. The number of likely N-dealkylation sites (N-methyl/N-ethyl adjacent to an activating group) is 1. The number of halogens is 1. The molecule has 0 aliphatic heterocycles. The van der Waals surface area contributed by atoms with Gasteiger partial charge in [-0.1, -0.05) is 31.4 Å². The summed E-state index contributed by atoms with van der Waals surface area (Å²) in [6.45, 7) is 1.82. The lowest BCUT2D eigenvalue weighted by atomic mass is 9.87. The maximum atomic E-state index is 13.6. The molecule has 2 heteroatoms. The first kappa shape index (κ1) is 12.6. The molecule has 1 aliphatic carbocycles. The molecule has 0 aromatic heterocycles. The summed E-state index contributed by atoms with van der Waals surface area (Å²) < 4.78 is 13.6. The van der Waals surface area contributed by atoms with E-state index in [4.69, 9.17) is 0 Å². The van der Waals surface area contributed by atoms with Crippen LogP contribution in [0.3, 0.4) is 0 Å². The summed E-state index contributed by atoms with van der Waals surface area (Å²) in [6, 6.07) is 6.23. The van der Waals surface area contributed by atoms with Crippen LogP contribution < -0.4 is 5.32 Å². The van der Waals surface area contributed by atoms with Gasteiger partial charge in [0.2, 0.25) is 0 Å². The van der Waals surface area contributed by atoms with E-state index < -0.39 is 0 Å². The highest BCUT2D eigenvalue weighted by molar-refractivity contribution is 5.27. The molecule has 1 saturated carbocycles. The molecule has 1 fully saturated rings. The molecular formula is C15H22FN.